The Morgan fingerprint density at radius 2 is 1.62 bits per heavy atom. The highest BCUT2D eigenvalue weighted by molar-refractivity contribution is 6.04. The van der Waals surface area contributed by atoms with Crippen molar-refractivity contribution in [3.63, 3.8) is 0 Å². The van der Waals surface area contributed by atoms with E-state index in [-0.39, 0.29) is 24.7 Å². The molecule has 2 amide bonds. The van der Waals surface area contributed by atoms with Gasteiger partial charge in [0.1, 0.15) is 0 Å². The van der Waals surface area contributed by atoms with Crippen LogP contribution in [0.1, 0.15) is 56.2 Å². The fourth-order valence-corrected chi connectivity index (χ4v) is 4.46. The molecule has 0 saturated carbocycles. The van der Waals surface area contributed by atoms with Gasteiger partial charge in [0.2, 0.25) is 5.91 Å². The Morgan fingerprint density at radius 3 is 2.27 bits per heavy atom. The number of anilines is 1. The summed E-state index contributed by atoms with van der Waals surface area (Å²) in [6, 6.07) is 12.0. The number of aryl methyl sites for hydroxylation is 2. The van der Waals surface area contributed by atoms with Crippen molar-refractivity contribution in [2.75, 3.05) is 25.5 Å². The number of nitrogens with one attached hydrogen (secondary N) is 1. The molecular weight excluding hydrogens is 470 g/mol. The van der Waals surface area contributed by atoms with Gasteiger partial charge in [0, 0.05) is 44.1 Å². The zero-order valence-corrected chi connectivity index (χ0v) is 22.4. The maximum Gasteiger partial charge on any atom is 0.415 e. The Labute approximate surface area is 218 Å². The van der Waals surface area contributed by atoms with Crippen molar-refractivity contribution in [2.45, 2.75) is 59.9 Å². The second-order valence-electron chi connectivity index (χ2n) is 9.18. The number of fused-ring (bicyclic) bond motifs is 1. The van der Waals surface area contributed by atoms with Gasteiger partial charge in [-0.3, -0.25) is 9.59 Å². The van der Waals surface area contributed by atoms with Gasteiger partial charge in [-0.05, 0) is 64.3 Å². The minimum Gasteiger partial charge on any atom is -0.469 e. The molecule has 0 aliphatic heterocycles. The average molecular weight is 508 g/mol. The van der Waals surface area contributed by atoms with Gasteiger partial charge in [0.25, 0.3) is 0 Å². The summed E-state index contributed by atoms with van der Waals surface area (Å²) in [4.78, 5) is 38.5. The van der Waals surface area contributed by atoms with Gasteiger partial charge in [-0.2, -0.15) is 0 Å². The van der Waals surface area contributed by atoms with Gasteiger partial charge < -0.3 is 24.3 Å². The zero-order chi connectivity index (χ0) is 26.9. The van der Waals surface area contributed by atoms with Crippen molar-refractivity contribution in [3.05, 3.63) is 59.3 Å². The summed E-state index contributed by atoms with van der Waals surface area (Å²) in [6.07, 6.45) is 3.12. The summed E-state index contributed by atoms with van der Waals surface area (Å²) in [6.45, 7) is 9.65. The first-order valence-electron chi connectivity index (χ1n) is 12.8. The highest BCUT2D eigenvalue weighted by atomic mass is 16.6. The molecule has 0 fully saturated rings. The van der Waals surface area contributed by atoms with E-state index in [0.29, 0.717) is 43.9 Å². The smallest absolute Gasteiger partial charge is 0.415 e. The summed E-state index contributed by atoms with van der Waals surface area (Å²) in [5.74, 6) is -0.197. The summed E-state index contributed by atoms with van der Waals surface area (Å²) in [5, 5.41) is 3.76. The average Bonchev–Trinajstić information content (AvgIpc) is 3.26. The van der Waals surface area contributed by atoms with Crippen LogP contribution in [0.4, 0.5) is 10.5 Å². The van der Waals surface area contributed by atoms with E-state index in [1.807, 2.05) is 32.2 Å². The molecule has 0 saturated heterocycles. The molecule has 3 aromatic rings. The molecule has 0 bridgehead atoms. The third kappa shape index (κ3) is 7.35. The lowest BCUT2D eigenvalue weighted by Crippen LogP contribution is -2.33. The van der Waals surface area contributed by atoms with Crippen LogP contribution in [0.2, 0.25) is 0 Å². The summed E-state index contributed by atoms with van der Waals surface area (Å²) in [5.41, 5.74) is 4.98. The van der Waals surface area contributed by atoms with Gasteiger partial charge in [-0.25, -0.2) is 4.79 Å². The predicted octanol–water partition coefficient (Wildman–Crippen LogP) is 5.82. The minimum absolute atomic E-state index is 0.209. The highest BCUT2D eigenvalue weighted by Crippen LogP contribution is 2.35. The molecule has 0 aliphatic carbocycles. The maximum absolute atomic E-state index is 12.8. The largest absolute Gasteiger partial charge is 0.469 e. The predicted molar refractivity (Wildman–Crippen MR) is 145 cm³/mol. The molecule has 3 rings (SSSR count). The fourth-order valence-electron chi connectivity index (χ4n) is 4.46. The second kappa shape index (κ2) is 12.9. The summed E-state index contributed by atoms with van der Waals surface area (Å²) in [7, 11) is 1.35. The van der Waals surface area contributed by atoms with E-state index in [1.165, 1.54) is 23.8 Å². The molecule has 8 heteroatoms. The van der Waals surface area contributed by atoms with Crippen LogP contribution in [0.3, 0.4) is 0 Å². The highest BCUT2D eigenvalue weighted by Gasteiger charge is 2.19. The summed E-state index contributed by atoms with van der Waals surface area (Å²) >= 11 is 0. The van der Waals surface area contributed by atoms with Crippen LogP contribution in [0.5, 0.6) is 5.75 Å². The number of rotatable bonds is 11. The van der Waals surface area contributed by atoms with E-state index in [9.17, 15) is 14.4 Å². The second-order valence-corrected chi connectivity index (χ2v) is 9.18. The van der Waals surface area contributed by atoms with Crippen molar-refractivity contribution in [3.8, 4) is 5.75 Å². The topological polar surface area (TPSA) is 89.9 Å². The van der Waals surface area contributed by atoms with Crippen LogP contribution in [-0.4, -0.2) is 47.6 Å². The molecule has 0 unspecified atom stereocenters. The Hall–Kier alpha value is -3.81. The monoisotopic (exact) mass is 507 g/mol. The van der Waals surface area contributed by atoms with Crippen molar-refractivity contribution in [1.29, 1.82) is 0 Å². The van der Waals surface area contributed by atoms with E-state index in [1.54, 1.807) is 11.0 Å². The standard InChI is InChI=1S/C29H37N3O5/c1-6-31(7-2)29(35)37-25-13-12-24-23(28(25)30-26(33)10-8-9-11-27(34)36-5)14-15-32(24)19-22-17-20(3)16-21(4)18-22/h12-18H,6-11,19H2,1-5H3,(H,30,33). The number of unbranched alkanes of at least 4 members (excludes halogenated alkanes) is 1. The van der Waals surface area contributed by atoms with Gasteiger partial charge in [-0.15, -0.1) is 0 Å². The Balaban J connectivity index is 1.89. The third-order valence-corrected chi connectivity index (χ3v) is 6.29. The normalized spacial score (nSPS) is 10.8. The number of amides is 2. The lowest BCUT2D eigenvalue weighted by Gasteiger charge is -2.20. The number of hydrogen-bond donors (Lipinski definition) is 1. The summed E-state index contributed by atoms with van der Waals surface area (Å²) < 4.78 is 12.5. The minimum atomic E-state index is -0.465. The van der Waals surface area contributed by atoms with Crippen LogP contribution in [-0.2, 0) is 20.9 Å². The van der Waals surface area contributed by atoms with Gasteiger partial charge in [0.15, 0.2) is 5.75 Å². The number of nitrogens with zero attached hydrogens (tertiary/aromatic N) is 2. The number of esters is 1. The number of methoxy groups -OCH3 is 1. The maximum atomic E-state index is 12.8. The van der Waals surface area contributed by atoms with E-state index < -0.39 is 6.09 Å². The first kappa shape index (κ1) is 27.8. The number of carbonyl (C=O) groups is 3. The fraction of sp³-hybridized carbons (Fsp3) is 0.414. The molecule has 8 nitrogen and oxygen atoms in total. The molecule has 37 heavy (non-hydrogen) atoms. The molecule has 1 heterocycles. The first-order chi connectivity index (χ1) is 17.7. The zero-order valence-electron chi connectivity index (χ0n) is 22.4. The van der Waals surface area contributed by atoms with Crippen LogP contribution >= 0.6 is 0 Å². The molecule has 1 N–H and O–H groups in total. The Kier molecular flexibility index (Phi) is 9.71. The number of ether oxygens (including phenoxy) is 2. The van der Waals surface area contributed by atoms with Gasteiger partial charge in [-0.1, -0.05) is 29.3 Å². The van der Waals surface area contributed by atoms with Crippen LogP contribution in [0.25, 0.3) is 10.9 Å². The lowest BCUT2D eigenvalue weighted by atomic mass is 10.1. The third-order valence-electron chi connectivity index (χ3n) is 6.29. The number of aromatic nitrogens is 1. The Morgan fingerprint density at radius 1 is 0.946 bits per heavy atom. The Bertz CT molecular complexity index is 1240. The van der Waals surface area contributed by atoms with Crippen LogP contribution in [0, 0.1) is 13.8 Å². The van der Waals surface area contributed by atoms with E-state index in [2.05, 4.69) is 46.7 Å². The molecule has 198 valence electrons. The van der Waals surface area contributed by atoms with Crippen LogP contribution < -0.4 is 10.1 Å². The van der Waals surface area contributed by atoms with Gasteiger partial charge in [0.05, 0.1) is 18.3 Å². The van der Waals surface area contributed by atoms with Crippen molar-refractivity contribution >= 4 is 34.6 Å². The molecule has 0 atom stereocenters. The number of hydrogen-bond acceptors (Lipinski definition) is 5. The van der Waals surface area contributed by atoms with E-state index in [4.69, 9.17) is 4.74 Å². The van der Waals surface area contributed by atoms with Crippen molar-refractivity contribution in [2.24, 2.45) is 0 Å². The van der Waals surface area contributed by atoms with E-state index >= 15 is 0 Å². The number of carbonyl (C=O) groups excluding carboxylic acids is 3. The molecule has 0 spiro atoms. The molecule has 0 radical (unpaired) electrons. The van der Waals surface area contributed by atoms with Gasteiger partial charge >= 0.3 is 12.1 Å². The molecular formula is C29H37N3O5. The molecule has 2 aromatic carbocycles. The quantitative estimate of drug-likeness (QED) is 0.261. The number of benzene rings is 2. The molecule has 1 aromatic heterocycles. The van der Waals surface area contributed by atoms with Crippen molar-refractivity contribution in [1.82, 2.24) is 9.47 Å². The van der Waals surface area contributed by atoms with Crippen LogP contribution in [0.15, 0.2) is 42.6 Å². The van der Waals surface area contributed by atoms with E-state index in [0.717, 1.165) is 10.9 Å². The lowest BCUT2D eigenvalue weighted by molar-refractivity contribution is -0.140. The van der Waals surface area contributed by atoms with Crippen molar-refractivity contribution < 1.29 is 23.9 Å². The SMILES string of the molecule is CCN(CC)C(=O)Oc1ccc2c(ccn2Cc2cc(C)cc(C)c2)c1NC(=O)CCCCC(=O)OC. The molecule has 0 aliphatic rings. The first-order valence-corrected chi connectivity index (χ1v) is 12.8.